The molecule has 0 atom stereocenters. The number of amides is 1. The van der Waals surface area contributed by atoms with Crippen LogP contribution >= 0.6 is 0 Å². The van der Waals surface area contributed by atoms with E-state index in [4.69, 9.17) is 4.74 Å². The maximum absolute atomic E-state index is 13.2. The zero-order chi connectivity index (χ0) is 20.7. The third-order valence-electron chi connectivity index (χ3n) is 5.38. The molecule has 28 heavy (non-hydrogen) atoms. The molecular weight excluding hydrogens is 376 g/mol. The summed E-state index contributed by atoms with van der Waals surface area (Å²) in [4.78, 5) is 12.5. The van der Waals surface area contributed by atoms with Crippen LogP contribution in [0.1, 0.15) is 64.4 Å². The summed E-state index contributed by atoms with van der Waals surface area (Å²) in [7, 11) is -2.17. The summed E-state index contributed by atoms with van der Waals surface area (Å²) in [6.07, 6.45) is 4.30. The number of carbonyl (C=O) groups is 1. The molecule has 1 fully saturated rings. The Kier molecular flexibility index (Phi) is 8.31. The highest BCUT2D eigenvalue weighted by atomic mass is 32.2. The van der Waals surface area contributed by atoms with Crippen molar-refractivity contribution in [1.82, 2.24) is 9.62 Å². The minimum Gasteiger partial charge on any atom is -0.495 e. The SMILES string of the molecule is CCCCCNC(=O)C1CCN(S(=O)(=O)c2cc(C(C)C)ccc2OC)CC1. The van der Waals surface area contributed by atoms with Crippen LogP contribution in [0.4, 0.5) is 0 Å². The van der Waals surface area contributed by atoms with E-state index in [9.17, 15) is 13.2 Å². The van der Waals surface area contributed by atoms with Gasteiger partial charge in [-0.1, -0.05) is 39.7 Å². The van der Waals surface area contributed by atoms with E-state index in [1.807, 2.05) is 19.9 Å². The maximum Gasteiger partial charge on any atom is 0.246 e. The van der Waals surface area contributed by atoms with Gasteiger partial charge in [-0.25, -0.2) is 8.42 Å². The highest BCUT2D eigenvalue weighted by Crippen LogP contribution is 2.32. The number of nitrogens with one attached hydrogen (secondary N) is 1. The van der Waals surface area contributed by atoms with E-state index in [0.29, 0.717) is 38.2 Å². The third-order valence-corrected chi connectivity index (χ3v) is 7.30. The van der Waals surface area contributed by atoms with Gasteiger partial charge in [0.15, 0.2) is 0 Å². The van der Waals surface area contributed by atoms with Crippen LogP contribution in [0.5, 0.6) is 5.75 Å². The number of unbranched alkanes of at least 4 members (excludes halogenated alkanes) is 2. The van der Waals surface area contributed by atoms with Crippen LogP contribution in [0.25, 0.3) is 0 Å². The lowest BCUT2D eigenvalue weighted by Gasteiger charge is -2.31. The first-order valence-corrected chi connectivity index (χ1v) is 11.7. The zero-order valence-electron chi connectivity index (χ0n) is 17.5. The molecule has 1 N–H and O–H groups in total. The summed E-state index contributed by atoms with van der Waals surface area (Å²) < 4.78 is 33.2. The number of piperidine rings is 1. The normalized spacial score (nSPS) is 16.3. The molecule has 0 aromatic heterocycles. The Balaban J connectivity index is 2.05. The van der Waals surface area contributed by atoms with Gasteiger partial charge >= 0.3 is 0 Å². The topological polar surface area (TPSA) is 75.7 Å². The minimum atomic E-state index is -3.66. The summed E-state index contributed by atoms with van der Waals surface area (Å²) in [6.45, 7) is 7.59. The van der Waals surface area contributed by atoms with Crippen LogP contribution in [0.15, 0.2) is 23.1 Å². The molecule has 0 unspecified atom stereocenters. The summed E-state index contributed by atoms with van der Waals surface area (Å²) >= 11 is 0. The van der Waals surface area contributed by atoms with E-state index in [-0.39, 0.29) is 22.6 Å². The number of hydrogen-bond donors (Lipinski definition) is 1. The van der Waals surface area contributed by atoms with Crippen LogP contribution in [-0.4, -0.2) is 45.4 Å². The van der Waals surface area contributed by atoms with Gasteiger partial charge in [-0.05, 0) is 42.9 Å². The first-order chi connectivity index (χ1) is 13.3. The van der Waals surface area contributed by atoms with Gasteiger partial charge < -0.3 is 10.1 Å². The minimum absolute atomic E-state index is 0.0486. The second-order valence-corrected chi connectivity index (χ2v) is 9.65. The van der Waals surface area contributed by atoms with Gasteiger partial charge in [0.2, 0.25) is 15.9 Å². The molecule has 0 bridgehead atoms. The van der Waals surface area contributed by atoms with Gasteiger partial charge in [0.25, 0.3) is 0 Å². The Labute approximate surface area is 169 Å². The molecule has 0 aliphatic carbocycles. The predicted octanol–water partition coefficient (Wildman–Crippen LogP) is 3.53. The fourth-order valence-electron chi connectivity index (χ4n) is 3.48. The first kappa shape index (κ1) is 22.7. The second kappa shape index (κ2) is 10.3. The van der Waals surface area contributed by atoms with Gasteiger partial charge in [-0.15, -0.1) is 0 Å². The standard InChI is InChI=1S/C21H34N2O4S/c1-5-6-7-12-22-21(24)17-10-13-23(14-11-17)28(25,26)20-15-18(16(2)3)8-9-19(20)27-4/h8-9,15-17H,5-7,10-14H2,1-4H3,(H,22,24). The summed E-state index contributed by atoms with van der Waals surface area (Å²) in [6, 6.07) is 5.34. The molecular formula is C21H34N2O4S. The van der Waals surface area contributed by atoms with Crippen molar-refractivity contribution in [3.63, 3.8) is 0 Å². The molecule has 1 saturated heterocycles. The van der Waals surface area contributed by atoms with Crippen LogP contribution < -0.4 is 10.1 Å². The fraction of sp³-hybridized carbons (Fsp3) is 0.667. The molecule has 1 aliphatic heterocycles. The number of ether oxygens (including phenoxy) is 1. The molecule has 2 rings (SSSR count). The molecule has 1 heterocycles. The number of sulfonamides is 1. The number of benzene rings is 1. The number of hydrogen-bond acceptors (Lipinski definition) is 4. The Bertz CT molecular complexity index is 754. The Morgan fingerprint density at radius 2 is 1.93 bits per heavy atom. The van der Waals surface area contributed by atoms with Gasteiger partial charge in [-0.2, -0.15) is 4.31 Å². The average Bonchev–Trinajstić information content (AvgIpc) is 2.70. The Morgan fingerprint density at radius 3 is 2.50 bits per heavy atom. The largest absolute Gasteiger partial charge is 0.495 e. The average molecular weight is 411 g/mol. The molecule has 158 valence electrons. The predicted molar refractivity (Wildman–Crippen MR) is 111 cm³/mol. The van der Waals surface area contributed by atoms with Crippen molar-refractivity contribution in [2.24, 2.45) is 5.92 Å². The van der Waals surface area contributed by atoms with E-state index in [1.54, 1.807) is 12.1 Å². The summed E-state index contributed by atoms with van der Waals surface area (Å²) in [5.41, 5.74) is 0.959. The van der Waals surface area contributed by atoms with Gasteiger partial charge in [0, 0.05) is 25.6 Å². The molecule has 0 spiro atoms. The first-order valence-electron chi connectivity index (χ1n) is 10.3. The molecule has 0 saturated carbocycles. The maximum atomic E-state index is 13.2. The number of nitrogens with zero attached hydrogens (tertiary/aromatic N) is 1. The van der Waals surface area contributed by atoms with Crippen molar-refractivity contribution < 1.29 is 17.9 Å². The van der Waals surface area contributed by atoms with E-state index in [1.165, 1.54) is 11.4 Å². The highest BCUT2D eigenvalue weighted by molar-refractivity contribution is 7.89. The van der Waals surface area contributed by atoms with Gasteiger partial charge in [0.05, 0.1) is 7.11 Å². The lowest BCUT2D eigenvalue weighted by Crippen LogP contribution is -2.43. The number of carbonyl (C=O) groups excluding carboxylic acids is 1. The van der Waals surface area contributed by atoms with Crippen LogP contribution in [-0.2, 0) is 14.8 Å². The smallest absolute Gasteiger partial charge is 0.246 e. The fourth-order valence-corrected chi connectivity index (χ4v) is 5.14. The van der Waals surface area contributed by atoms with Crippen LogP contribution in [0, 0.1) is 5.92 Å². The van der Waals surface area contributed by atoms with Crippen molar-refractivity contribution in [3.05, 3.63) is 23.8 Å². The Morgan fingerprint density at radius 1 is 1.25 bits per heavy atom. The lowest BCUT2D eigenvalue weighted by atomic mass is 9.97. The highest BCUT2D eigenvalue weighted by Gasteiger charge is 2.33. The quantitative estimate of drug-likeness (QED) is 0.632. The zero-order valence-corrected chi connectivity index (χ0v) is 18.3. The molecule has 1 aromatic rings. The summed E-state index contributed by atoms with van der Waals surface area (Å²) in [5, 5.41) is 2.98. The van der Waals surface area contributed by atoms with Crippen molar-refractivity contribution in [3.8, 4) is 5.75 Å². The summed E-state index contributed by atoms with van der Waals surface area (Å²) in [5.74, 6) is 0.520. The van der Waals surface area contributed by atoms with Gasteiger partial charge in [0.1, 0.15) is 10.6 Å². The van der Waals surface area contributed by atoms with Crippen molar-refractivity contribution in [2.45, 2.75) is 63.7 Å². The monoisotopic (exact) mass is 410 g/mol. The molecule has 1 amide bonds. The number of methoxy groups -OCH3 is 1. The second-order valence-electron chi connectivity index (χ2n) is 7.74. The third kappa shape index (κ3) is 5.47. The van der Waals surface area contributed by atoms with Crippen molar-refractivity contribution in [2.75, 3.05) is 26.7 Å². The molecule has 1 aromatic carbocycles. The molecule has 1 aliphatic rings. The van der Waals surface area contributed by atoms with E-state index in [2.05, 4.69) is 12.2 Å². The molecule has 0 radical (unpaired) electrons. The molecule has 7 heteroatoms. The van der Waals surface area contributed by atoms with Gasteiger partial charge in [-0.3, -0.25) is 4.79 Å². The van der Waals surface area contributed by atoms with Crippen molar-refractivity contribution in [1.29, 1.82) is 0 Å². The van der Waals surface area contributed by atoms with Crippen LogP contribution in [0.3, 0.4) is 0 Å². The van der Waals surface area contributed by atoms with E-state index >= 15 is 0 Å². The van der Waals surface area contributed by atoms with E-state index in [0.717, 1.165) is 24.8 Å². The molecule has 6 nitrogen and oxygen atoms in total. The van der Waals surface area contributed by atoms with E-state index < -0.39 is 10.0 Å². The van der Waals surface area contributed by atoms with Crippen molar-refractivity contribution >= 4 is 15.9 Å². The number of rotatable bonds is 9. The van der Waals surface area contributed by atoms with Crippen LogP contribution in [0.2, 0.25) is 0 Å². The Hall–Kier alpha value is -1.60. The lowest BCUT2D eigenvalue weighted by molar-refractivity contribution is -0.126.